The molecule has 0 heterocycles. The molecule has 0 fully saturated rings. The fourth-order valence-corrected chi connectivity index (χ4v) is 3.81. The van der Waals surface area contributed by atoms with Gasteiger partial charge in [0.05, 0.1) is 5.02 Å². The molecule has 3 aromatic carbocycles. The molecule has 0 aromatic heterocycles. The second-order valence-corrected chi connectivity index (χ2v) is 6.77. The fourth-order valence-electron chi connectivity index (χ4n) is 2.57. The van der Waals surface area contributed by atoms with Gasteiger partial charge in [-0.1, -0.05) is 78.3 Å². The Balaban J connectivity index is 2.33. The molecule has 0 saturated carbocycles. The van der Waals surface area contributed by atoms with Crippen LogP contribution in [0.4, 0.5) is 0 Å². The normalized spacial score (nSPS) is 11.4. The Morgan fingerprint density at radius 3 is 1.91 bits per heavy atom. The Morgan fingerprint density at radius 1 is 0.696 bits per heavy atom. The Labute approximate surface area is 139 Å². The van der Waals surface area contributed by atoms with Crippen LogP contribution in [-0.4, -0.2) is 13.0 Å². The molecular weight excluding hydrogens is 332 g/mol. The van der Waals surface area contributed by atoms with E-state index in [1.807, 2.05) is 54.6 Å². The predicted octanol–water partition coefficient (Wildman–Crippen LogP) is 4.92. The molecule has 0 aliphatic rings. The van der Waals surface area contributed by atoms with Gasteiger partial charge in [0.25, 0.3) is 10.1 Å². The van der Waals surface area contributed by atoms with Crippen molar-refractivity contribution in [2.75, 3.05) is 0 Å². The summed E-state index contributed by atoms with van der Waals surface area (Å²) >= 11 is 6.02. The van der Waals surface area contributed by atoms with E-state index in [0.29, 0.717) is 11.1 Å². The summed E-state index contributed by atoms with van der Waals surface area (Å²) in [6, 6.07) is 21.8. The van der Waals surface area contributed by atoms with Crippen LogP contribution in [0.3, 0.4) is 0 Å². The lowest BCUT2D eigenvalue weighted by Crippen LogP contribution is -2.02. The predicted molar refractivity (Wildman–Crippen MR) is 92.1 cm³/mol. The highest BCUT2D eigenvalue weighted by Gasteiger charge is 2.22. The van der Waals surface area contributed by atoms with E-state index in [9.17, 15) is 13.0 Å². The van der Waals surface area contributed by atoms with Crippen molar-refractivity contribution in [2.24, 2.45) is 0 Å². The molecule has 1 N–H and O–H groups in total. The zero-order valence-electron chi connectivity index (χ0n) is 12.0. The van der Waals surface area contributed by atoms with Gasteiger partial charge in [-0.3, -0.25) is 4.55 Å². The van der Waals surface area contributed by atoms with E-state index in [1.165, 1.54) is 6.07 Å². The van der Waals surface area contributed by atoms with Crippen molar-refractivity contribution in [3.05, 3.63) is 77.8 Å². The molecule has 0 aliphatic carbocycles. The Hall–Kier alpha value is -2.14. The van der Waals surface area contributed by atoms with Gasteiger partial charge < -0.3 is 0 Å². The van der Waals surface area contributed by atoms with Crippen LogP contribution < -0.4 is 0 Å². The van der Waals surface area contributed by atoms with Crippen LogP contribution in [0.2, 0.25) is 5.02 Å². The SMILES string of the molecule is O=S(=O)(O)c1c(Cl)cccc1-c1ccccc1-c1ccccc1. The number of benzene rings is 3. The molecule has 5 heteroatoms. The molecule has 3 aromatic rings. The van der Waals surface area contributed by atoms with Crippen molar-refractivity contribution >= 4 is 21.7 Å². The summed E-state index contributed by atoms with van der Waals surface area (Å²) in [6.45, 7) is 0. The second kappa shape index (κ2) is 6.16. The molecule has 3 nitrogen and oxygen atoms in total. The van der Waals surface area contributed by atoms with Gasteiger partial charge in [-0.25, -0.2) is 0 Å². The van der Waals surface area contributed by atoms with Gasteiger partial charge in [-0.2, -0.15) is 8.42 Å². The van der Waals surface area contributed by atoms with Crippen molar-refractivity contribution in [1.29, 1.82) is 0 Å². The monoisotopic (exact) mass is 344 g/mol. The van der Waals surface area contributed by atoms with Gasteiger partial charge in [0.1, 0.15) is 4.90 Å². The summed E-state index contributed by atoms with van der Waals surface area (Å²) in [5.74, 6) is 0. The van der Waals surface area contributed by atoms with Gasteiger partial charge in [0.15, 0.2) is 0 Å². The van der Waals surface area contributed by atoms with Crippen molar-refractivity contribution < 1.29 is 13.0 Å². The Bertz CT molecular complexity index is 951. The first-order chi connectivity index (χ1) is 11.0. The first-order valence-electron chi connectivity index (χ1n) is 6.89. The number of halogens is 1. The van der Waals surface area contributed by atoms with Crippen molar-refractivity contribution in [3.63, 3.8) is 0 Å². The molecule has 0 radical (unpaired) electrons. The highest BCUT2D eigenvalue weighted by molar-refractivity contribution is 7.86. The molecule has 0 amide bonds. The highest BCUT2D eigenvalue weighted by Crippen LogP contribution is 2.38. The minimum absolute atomic E-state index is 0.00661. The van der Waals surface area contributed by atoms with E-state index < -0.39 is 10.1 Å². The van der Waals surface area contributed by atoms with Gasteiger partial charge in [-0.05, 0) is 22.8 Å². The van der Waals surface area contributed by atoms with Crippen molar-refractivity contribution in [1.82, 2.24) is 0 Å². The number of hydrogen-bond donors (Lipinski definition) is 1. The summed E-state index contributed by atoms with van der Waals surface area (Å²) in [5.41, 5.74) is 2.87. The van der Waals surface area contributed by atoms with E-state index in [0.717, 1.165) is 11.1 Å². The molecule has 0 bridgehead atoms. The van der Waals surface area contributed by atoms with Crippen LogP contribution >= 0.6 is 11.6 Å². The van der Waals surface area contributed by atoms with E-state index >= 15 is 0 Å². The summed E-state index contributed by atoms with van der Waals surface area (Å²) in [5, 5.41) is -0.00661. The molecule has 0 saturated heterocycles. The standard InChI is InChI=1S/C18H13ClO3S/c19-17-12-6-11-16(18(17)23(20,21)22)15-10-5-4-9-14(15)13-7-2-1-3-8-13/h1-12H,(H,20,21,22). The summed E-state index contributed by atoms with van der Waals surface area (Å²) in [6.07, 6.45) is 0. The van der Waals surface area contributed by atoms with E-state index in [-0.39, 0.29) is 9.92 Å². The third-order valence-electron chi connectivity index (χ3n) is 3.53. The van der Waals surface area contributed by atoms with Crippen molar-refractivity contribution in [2.45, 2.75) is 4.90 Å². The van der Waals surface area contributed by atoms with Crippen LogP contribution in [0, 0.1) is 0 Å². The molecule has 0 aliphatic heterocycles. The van der Waals surface area contributed by atoms with E-state index in [4.69, 9.17) is 11.6 Å². The minimum Gasteiger partial charge on any atom is -0.282 e. The zero-order valence-corrected chi connectivity index (χ0v) is 13.6. The Kier molecular flexibility index (Phi) is 4.22. The average molecular weight is 345 g/mol. The molecule has 0 unspecified atom stereocenters. The first-order valence-corrected chi connectivity index (χ1v) is 8.71. The summed E-state index contributed by atoms with van der Waals surface area (Å²) in [7, 11) is -4.44. The van der Waals surface area contributed by atoms with E-state index in [2.05, 4.69) is 0 Å². The lowest BCUT2D eigenvalue weighted by molar-refractivity contribution is 0.483. The fraction of sp³-hybridized carbons (Fsp3) is 0. The maximum atomic E-state index is 11.8. The number of rotatable bonds is 3. The molecule has 3 rings (SSSR count). The quantitative estimate of drug-likeness (QED) is 0.686. The van der Waals surface area contributed by atoms with Crippen LogP contribution in [-0.2, 0) is 10.1 Å². The maximum Gasteiger partial charge on any atom is 0.296 e. The average Bonchev–Trinajstić information content (AvgIpc) is 2.54. The number of hydrogen-bond acceptors (Lipinski definition) is 2. The molecule has 23 heavy (non-hydrogen) atoms. The van der Waals surface area contributed by atoms with E-state index in [1.54, 1.807) is 12.1 Å². The van der Waals surface area contributed by atoms with Gasteiger partial charge in [0.2, 0.25) is 0 Å². The van der Waals surface area contributed by atoms with Crippen molar-refractivity contribution in [3.8, 4) is 22.3 Å². The van der Waals surface area contributed by atoms with Gasteiger partial charge in [-0.15, -0.1) is 0 Å². The van der Waals surface area contributed by atoms with Gasteiger partial charge >= 0.3 is 0 Å². The third kappa shape index (κ3) is 3.15. The maximum absolute atomic E-state index is 11.8. The van der Waals surface area contributed by atoms with Crippen LogP contribution in [0.25, 0.3) is 22.3 Å². The molecular formula is C18H13ClO3S. The van der Waals surface area contributed by atoms with Crippen LogP contribution in [0.5, 0.6) is 0 Å². The van der Waals surface area contributed by atoms with Crippen LogP contribution in [0.1, 0.15) is 0 Å². The smallest absolute Gasteiger partial charge is 0.282 e. The lowest BCUT2D eigenvalue weighted by atomic mass is 9.95. The Morgan fingerprint density at radius 2 is 1.26 bits per heavy atom. The highest BCUT2D eigenvalue weighted by atomic mass is 35.5. The topological polar surface area (TPSA) is 54.4 Å². The molecule has 0 spiro atoms. The first kappa shape index (κ1) is 15.7. The van der Waals surface area contributed by atoms with Gasteiger partial charge in [0, 0.05) is 5.56 Å². The summed E-state index contributed by atoms with van der Waals surface area (Å²) < 4.78 is 33.1. The minimum atomic E-state index is -4.44. The molecule has 0 atom stereocenters. The molecule has 116 valence electrons. The zero-order chi connectivity index (χ0) is 16.4. The lowest BCUT2D eigenvalue weighted by Gasteiger charge is -2.13. The third-order valence-corrected chi connectivity index (χ3v) is 4.91. The second-order valence-electron chi connectivity index (χ2n) is 5.00. The van der Waals surface area contributed by atoms with Crippen LogP contribution in [0.15, 0.2) is 77.7 Å². The largest absolute Gasteiger partial charge is 0.296 e. The summed E-state index contributed by atoms with van der Waals surface area (Å²) in [4.78, 5) is -0.273.